The Balaban J connectivity index is 1.88. The summed E-state index contributed by atoms with van der Waals surface area (Å²) in [6, 6.07) is 12.0. The first-order valence-electron chi connectivity index (χ1n) is 8.19. The van der Waals surface area contributed by atoms with Gasteiger partial charge >= 0.3 is 5.97 Å². The van der Waals surface area contributed by atoms with E-state index in [-0.39, 0.29) is 10.8 Å². The molecule has 2 rings (SSSR count). The van der Waals surface area contributed by atoms with Gasteiger partial charge in [-0.2, -0.15) is 4.72 Å². The predicted octanol–water partition coefficient (Wildman–Crippen LogP) is 1.43. The van der Waals surface area contributed by atoms with Crippen molar-refractivity contribution >= 4 is 32.7 Å². The van der Waals surface area contributed by atoms with E-state index in [1.807, 2.05) is 32.0 Å². The Kier molecular flexibility index (Phi) is 6.70. The third kappa shape index (κ3) is 5.82. The lowest BCUT2D eigenvalue weighted by Crippen LogP contribution is -2.35. The Labute approximate surface area is 152 Å². The van der Waals surface area contributed by atoms with Crippen LogP contribution in [-0.2, 0) is 24.3 Å². The number of sulfonamides is 1. The van der Waals surface area contributed by atoms with E-state index < -0.39 is 35.1 Å². The molecule has 0 unspecified atom stereocenters. The van der Waals surface area contributed by atoms with Crippen molar-refractivity contribution in [3.8, 4) is 0 Å². The number of amides is 1. The first kappa shape index (κ1) is 19.9. The van der Waals surface area contributed by atoms with Crippen molar-refractivity contribution in [1.82, 2.24) is 10.0 Å². The van der Waals surface area contributed by atoms with Gasteiger partial charge in [0.05, 0.1) is 4.90 Å². The standard InChI is InChI=1S/C18H22N2O5S/c1-13(2)10-19-17(21)12-25-18(22)11-20-26(23,24)16-8-7-14-5-3-4-6-15(14)9-16/h3-9,13,20H,10-12H2,1-2H3,(H,19,21). The van der Waals surface area contributed by atoms with Gasteiger partial charge in [0, 0.05) is 6.54 Å². The number of ether oxygens (including phenoxy) is 1. The van der Waals surface area contributed by atoms with Gasteiger partial charge < -0.3 is 10.1 Å². The largest absolute Gasteiger partial charge is 0.455 e. The van der Waals surface area contributed by atoms with E-state index >= 15 is 0 Å². The summed E-state index contributed by atoms with van der Waals surface area (Å²) in [5.41, 5.74) is 0. The van der Waals surface area contributed by atoms with E-state index in [9.17, 15) is 18.0 Å². The van der Waals surface area contributed by atoms with E-state index in [4.69, 9.17) is 4.74 Å². The van der Waals surface area contributed by atoms with E-state index in [1.54, 1.807) is 12.1 Å². The number of esters is 1. The second-order valence-electron chi connectivity index (χ2n) is 6.19. The van der Waals surface area contributed by atoms with Crippen molar-refractivity contribution in [3.05, 3.63) is 42.5 Å². The summed E-state index contributed by atoms with van der Waals surface area (Å²) in [5.74, 6) is -0.970. The fourth-order valence-corrected chi connectivity index (χ4v) is 3.14. The summed E-state index contributed by atoms with van der Waals surface area (Å²) < 4.78 is 31.5. The van der Waals surface area contributed by atoms with Gasteiger partial charge in [-0.3, -0.25) is 9.59 Å². The molecule has 0 aliphatic rings. The third-order valence-electron chi connectivity index (χ3n) is 3.51. The molecule has 0 saturated carbocycles. The van der Waals surface area contributed by atoms with Crippen LogP contribution in [0.15, 0.2) is 47.4 Å². The number of carbonyl (C=O) groups is 2. The average molecular weight is 378 g/mol. The molecule has 2 N–H and O–H groups in total. The second-order valence-corrected chi connectivity index (χ2v) is 7.96. The number of fused-ring (bicyclic) bond motifs is 1. The SMILES string of the molecule is CC(C)CNC(=O)COC(=O)CNS(=O)(=O)c1ccc2ccccc2c1. The number of rotatable bonds is 8. The second kappa shape index (κ2) is 8.77. The normalized spacial score (nSPS) is 11.5. The maximum Gasteiger partial charge on any atom is 0.321 e. The molecule has 140 valence electrons. The number of hydrogen-bond acceptors (Lipinski definition) is 5. The van der Waals surface area contributed by atoms with Gasteiger partial charge in [0.1, 0.15) is 6.54 Å². The fourth-order valence-electron chi connectivity index (χ4n) is 2.14. The van der Waals surface area contributed by atoms with Crippen molar-refractivity contribution in [1.29, 1.82) is 0 Å². The molecule has 2 aromatic rings. The van der Waals surface area contributed by atoms with Crippen LogP contribution in [0, 0.1) is 5.92 Å². The van der Waals surface area contributed by atoms with Crippen molar-refractivity contribution in [2.75, 3.05) is 19.7 Å². The monoisotopic (exact) mass is 378 g/mol. The minimum absolute atomic E-state index is 0.0543. The molecule has 26 heavy (non-hydrogen) atoms. The Morgan fingerprint density at radius 2 is 1.77 bits per heavy atom. The highest BCUT2D eigenvalue weighted by molar-refractivity contribution is 7.89. The smallest absolute Gasteiger partial charge is 0.321 e. The van der Waals surface area contributed by atoms with Crippen molar-refractivity contribution in [3.63, 3.8) is 0 Å². The molecule has 7 nitrogen and oxygen atoms in total. The molecule has 0 aliphatic heterocycles. The van der Waals surface area contributed by atoms with Gasteiger partial charge in [-0.25, -0.2) is 8.42 Å². The molecule has 0 radical (unpaired) electrons. The Bertz CT molecular complexity index is 893. The lowest BCUT2D eigenvalue weighted by atomic mass is 10.1. The molecule has 0 aromatic heterocycles. The molecule has 0 saturated heterocycles. The zero-order chi connectivity index (χ0) is 19.2. The number of hydrogen-bond donors (Lipinski definition) is 2. The van der Waals surface area contributed by atoms with Gasteiger partial charge in [0.2, 0.25) is 10.0 Å². The summed E-state index contributed by atoms with van der Waals surface area (Å²) in [6.07, 6.45) is 0. The average Bonchev–Trinajstić information content (AvgIpc) is 2.62. The van der Waals surface area contributed by atoms with Crippen LogP contribution in [0.2, 0.25) is 0 Å². The molecule has 0 heterocycles. The zero-order valence-electron chi connectivity index (χ0n) is 14.7. The molecular formula is C18H22N2O5S. The predicted molar refractivity (Wildman–Crippen MR) is 97.9 cm³/mol. The lowest BCUT2D eigenvalue weighted by molar-refractivity contribution is -0.147. The van der Waals surface area contributed by atoms with Gasteiger partial charge in [0.25, 0.3) is 5.91 Å². The van der Waals surface area contributed by atoms with Crippen molar-refractivity contribution in [2.45, 2.75) is 18.7 Å². The zero-order valence-corrected chi connectivity index (χ0v) is 15.5. The minimum Gasteiger partial charge on any atom is -0.455 e. The summed E-state index contributed by atoms with van der Waals surface area (Å²) in [5, 5.41) is 4.29. The molecule has 0 bridgehead atoms. The molecule has 0 fully saturated rings. The minimum atomic E-state index is -3.86. The summed E-state index contributed by atoms with van der Waals surface area (Å²) >= 11 is 0. The topological polar surface area (TPSA) is 102 Å². The van der Waals surface area contributed by atoms with E-state index in [0.717, 1.165) is 10.8 Å². The first-order chi connectivity index (χ1) is 12.3. The van der Waals surface area contributed by atoms with Gasteiger partial charge in [-0.15, -0.1) is 0 Å². The van der Waals surface area contributed by atoms with Gasteiger partial charge in [-0.1, -0.05) is 44.2 Å². The maximum absolute atomic E-state index is 12.3. The van der Waals surface area contributed by atoms with Crippen LogP contribution in [0.5, 0.6) is 0 Å². The summed E-state index contributed by atoms with van der Waals surface area (Å²) in [6.45, 7) is 3.36. The summed E-state index contributed by atoms with van der Waals surface area (Å²) in [7, 11) is -3.86. The van der Waals surface area contributed by atoms with Gasteiger partial charge in [0.15, 0.2) is 6.61 Å². The van der Waals surface area contributed by atoms with Crippen LogP contribution in [0.1, 0.15) is 13.8 Å². The Hall–Kier alpha value is -2.45. The summed E-state index contributed by atoms with van der Waals surface area (Å²) in [4.78, 5) is 23.2. The number of benzene rings is 2. The number of carbonyl (C=O) groups excluding carboxylic acids is 2. The molecule has 1 amide bonds. The number of nitrogens with one attached hydrogen (secondary N) is 2. The molecule has 2 aromatic carbocycles. The first-order valence-corrected chi connectivity index (χ1v) is 9.67. The van der Waals surface area contributed by atoms with Crippen LogP contribution in [0.3, 0.4) is 0 Å². The molecule has 0 atom stereocenters. The molecule has 0 aliphatic carbocycles. The maximum atomic E-state index is 12.3. The quantitative estimate of drug-likeness (QED) is 0.677. The van der Waals surface area contributed by atoms with Crippen LogP contribution in [0.25, 0.3) is 10.8 Å². The Morgan fingerprint density at radius 3 is 2.46 bits per heavy atom. The van der Waals surface area contributed by atoms with Crippen LogP contribution in [-0.4, -0.2) is 40.0 Å². The van der Waals surface area contributed by atoms with E-state index in [0.29, 0.717) is 6.54 Å². The molecule has 8 heteroatoms. The van der Waals surface area contributed by atoms with Crippen LogP contribution >= 0.6 is 0 Å². The van der Waals surface area contributed by atoms with E-state index in [2.05, 4.69) is 10.0 Å². The molecule has 0 spiro atoms. The fraction of sp³-hybridized carbons (Fsp3) is 0.333. The lowest BCUT2D eigenvalue weighted by Gasteiger charge is -2.09. The van der Waals surface area contributed by atoms with Crippen LogP contribution < -0.4 is 10.0 Å². The highest BCUT2D eigenvalue weighted by Gasteiger charge is 2.17. The van der Waals surface area contributed by atoms with Gasteiger partial charge in [-0.05, 0) is 28.8 Å². The van der Waals surface area contributed by atoms with Crippen LogP contribution in [0.4, 0.5) is 0 Å². The molecular weight excluding hydrogens is 356 g/mol. The third-order valence-corrected chi connectivity index (χ3v) is 4.91. The van der Waals surface area contributed by atoms with E-state index in [1.165, 1.54) is 12.1 Å². The van der Waals surface area contributed by atoms with Crippen molar-refractivity contribution in [2.24, 2.45) is 5.92 Å². The Morgan fingerprint density at radius 1 is 1.08 bits per heavy atom. The highest BCUT2D eigenvalue weighted by Crippen LogP contribution is 2.18. The van der Waals surface area contributed by atoms with Crippen molar-refractivity contribution < 1.29 is 22.7 Å². The highest BCUT2D eigenvalue weighted by atomic mass is 32.2.